The highest BCUT2D eigenvalue weighted by Crippen LogP contribution is 2.12. The third-order valence-electron chi connectivity index (χ3n) is 1.91. The molecule has 0 fully saturated rings. The van der Waals surface area contributed by atoms with E-state index in [1.54, 1.807) is 0 Å². The van der Waals surface area contributed by atoms with Crippen LogP contribution in [0, 0.1) is 0 Å². The van der Waals surface area contributed by atoms with E-state index in [9.17, 15) is 0 Å². The largest absolute Gasteiger partial charge is 0.367 e. The van der Waals surface area contributed by atoms with Crippen molar-refractivity contribution >= 4 is 0 Å². The molecule has 0 aromatic rings. The minimum absolute atomic E-state index is 0.895. The third-order valence-corrected chi connectivity index (χ3v) is 1.91. The summed E-state index contributed by atoms with van der Waals surface area (Å²) in [6.45, 7) is 20.0. The average molecular weight is 193 g/mol. The number of allylic oxidation sites excluding steroid dienone is 1. The van der Waals surface area contributed by atoms with Gasteiger partial charge in [0.05, 0.1) is 0 Å². The standard InChI is InChI=1S/C13H23N/c1-7-8-13(6)14(9-11(2)3)10-12(4)5/h2,4,6-10H2,1,3,5H3. The smallest absolute Gasteiger partial charge is 0.0384 e. The van der Waals surface area contributed by atoms with E-state index in [0.29, 0.717) is 0 Å². The van der Waals surface area contributed by atoms with Crippen LogP contribution in [0.2, 0.25) is 0 Å². The summed E-state index contributed by atoms with van der Waals surface area (Å²) in [5, 5.41) is 0. The Bertz CT molecular complexity index is 209. The van der Waals surface area contributed by atoms with Gasteiger partial charge < -0.3 is 4.90 Å². The van der Waals surface area contributed by atoms with E-state index in [1.807, 2.05) is 13.8 Å². The summed E-state index contributed by atoms with van der Waals surface area (Å²) in [5.74, 6) is 0. The van der Waals surface area contributed by atoms with Crippen LogP contribution in [0.15, 0.2) is 36.6 Å². The maximum absolute atomic E-state index is 4.09. The van der Waals surface area contributed by atoms with Crippen molar-refractivity contribution in [3.05, 3.63) is 36.6 Å². The molecule has 0 aliphatic carbocycles. The molecule has 0 aromatic carbocycles. The van der Waals surface area contributed by atoms with Crippen LogP contribution in [0.3, 0.4) is 0 Å². The van der Waals surface area contributed by atoms with E-state index in [2.05, 4.69) is 31.6 Å². The number of rotatable bonds is 7. The maximum atomic E-state index is 4.09. The predicted molar refractivity (Wildman–Crippen MR) is 65.2 cm³/mol. The Hall–Kier alpha value is -0.980. The van der Waals surface area contributed by atoms with Gasteiger partial charge >= 0.3 is 0 Å². The van der Waals surface area contributed by atoms with Crippen molar-refractivity contribution in [3.63, 3.8) is 0 Å². The van der Waals surface area contributed by atoms with E-state index in [-0.39, 0.29) is 0 Å². The van der Waals surface area contributed by atoms with E-state index >= 15 is 0 Å². The highest BCUT2D eigenvalue weighted by atomic mass is 15.1. The Kier molecular flexibility index (Phi) is 6.02. The normalized spacial score (nSPS) is 9.64. The van der Waals surface area contributed by atoms with E-state index in [1.165, 1.54) is 16.8 Å². The summed E-state index contributed by atoms with van der Waals surface area (Å²) in [6.07, 6.45) is 2.20. The summed E-state index contributed by atoms with van der Waals surface area (Å²) in [6, 6.07) is 0. The van der Waals surface area contributed by atoms with Crippen LogP contribution < -0.4 is 0 Å². The molecule has 0 unspecified atom stereocenters. The van der Waals surface area contributed by atoms with Crippen molar-refractivity contribution in [1.29, 1.82) is 0 Å². The highest BCUT2D eigenvalue weighted by molar-refractivity contribution is 5.06. The summed E-state index contributed by atoms with van der Waals surface area (Å²) < 4.78 is 0. The van der Waals surface area contributed by atoms with Crippen molar-refractivity contribution in [1.82, 2.24) is 4.90 Å². The fourth-order valence-electron chi connectivity index (χ4n) is 1.38. The molecule has 14 heavy (non-hydrogen) atoms. The Labute approximate surface area is 88.8 Å². The zero-order valence-corrected chi connectivity index (χ0v) is 9.90. The lowest BCUT2D eigenvalue weighted by Crippen LogP contribution is -2.25. The van der Waals surface area contributed by atoms with Crippen molar-refractivity contribution in [3.8, 4) is 0 Å². The molecule has 0 aromatic heterocycles. The molecule has 0 radical (unpaired) electrons. The summed E-state index contributed by atoms with van der Waals surface area (Å²) in [5.41, 5.74) is 3.53. The van der Waals surface area contributed by atoms with Crippen LogP contribution >= 0.6 is 0 Å². The van der Waals surface area contributed by atoms with E-state index in [0.717, 1.165) is 25.9 Å². The minimum atomic E-state index is 0.895. The fourth-order valence-corrected chi connectivity index (χ4v) is 1.38. The molecule has 0 spiro atoms. The zero-order valence-electron chi connectivity index (χ0n) is 9.90. The average Bonchev–Trinajstić information content (AvgIpc) is 2.01. The number of hydrogen-bond acceptors (Lipinski definition) is 1. The van der Waals surface area contributed by atoms with Gasteiger partial charge in [-0.25, -0.2) is 0 Å². The molecule has 0 saturated heterocycles. The second kappa shape index (κ2) is 6.47. The maximum Gasteiger partial charge on any atom is 0.0384 e. The first kappa shape index (κ1) is 13.0. The van der Waals surface area contributed by atoms with Crippen LogP contribution in [0.4, 0.5) is 0 Å². The monoisotopic (exact) mass is 193 g/mol. The van der Waals surface area contributed by atoms with Crippen LogP contribution in [-0.2, 0) is 0 Å². The molecule has 1 nitrogen and oxygen atoms in total. The molecule has 0 aliphatic rings. The molecule has 0 saturated carbocycles. The topological polar surface area (TPSA) is 3.24 Å². The van der Waals surface area contributed by atoms with Crippen molar-refractivity contribution in [2.45, 2.75) is 33.6 Å². The second-order valence-corrected chi connectivity index (χ2v) is 4.09. The molecular weight excluding hydrogens is 170 g/mol. The van der Waals surface area contributed by atoms with E-state index in [4.69, 9.17) is 0 Å². The predicted octanol–water partition coefficient (Wildman–Crippen LogP) is 3.75. The molecule has 0 heterocycles. The Morgan fingerprint density at radius 3 is 1.71 bits per heavy atom. The molecule has 0 atom stereocenters. The SMILES string of the molecule is C=C(C)CN(CC(=C)C)C(=C)CCC. The summed E-state index contributed by atoms with van der Waals surface area (Å²) in [4.78, 5) is 2.26. The summed E-state index contributed by atoms with van der Waals surface area (Å²) >= 11 is 0. The van der Waals surface area contributed by atoms with Gasteiger partial charge in [-0.2, -0.15) is 0 Å². The zero-order chi connectivity index (χ0) is 11.1. The summed E-state index contributed by atoms with van der Waals surface area (Å²) in [7, 11) is 0. The first-order valence-corrected chi connectivity index (χ1v) is 5.18. The van der Waals surface area contributed by atoms with Gasteiger partial charge in [0.2, 0.25) is 0 Å². The van der Waals surface area contributed by atoms with Gasteiger partial charge in [-0.1, -0.05) is 44.2 Å². The Morgan fingerprint density at radius 2 is 1.43 bits per heavy atom. The van der Waals surface area contributed by atoms with Crippen LogP contribution in [0.5, 0.6) is 0 Å². The fraction of sp³-hybridized carbons (Fsp3) is 0.538. The molecular formula is C13H23N. The molecule has 1 heteroatoms. The highest BCUT2D eigenvalue weighted by Gasteiger charge is 2.06. The molecule has 80 valence electrons. The lowest BCUT2D eigenvalue weighted by Gasteiger charge is -2.27. The Balaban J connectivity index is 4.29. The van der Waals surface area contributed by atoms with Gasteiger partial charge in [0.25, 0.3) is 0 Å². The second-order valence-electron chi connectivity index (χ2n) is 4.09. The quantitative estimate of drug-likeness (QED) is 0.556. The molecule has 0 bridgehead atoms. The lowest BCUT2D eigenvalue weighted by molar-refractivity contribution is 0.388. The minimum Gasteiger partial charge on any atom is -0.367 e. The number of nitrogens with zero attached hydrogens (tertiary/aromatic N) is 1. The number of hydrogen-bond donors (Lipinski definition) is 0. The first-order valence-electron chi connectivity index (χ1n) is 5.18. The van der Waals surface area contributed by atoms with Crippen LogP contribution in [0.25, 0.3) is 0 Å². The van der Waals surface area contributed by atoms with Gasteiger partial charge in [0.15, 0.2) is 0 Å². The first-order chi connectivity index (χ1) is 6.47. The van der Waals surface area contributed by atoms with Gasteiger partial charge in [0.1, 0.15) is 0 Å². The Morgan fingerprint density at radius 1 is 1.00 bits per heavy atom. The molecule has 0 N–H and O–H groups in total. The molecule has 0 amide bonds. The molecule has 0 aliphatic heterocycles. The van der Waals surface area contributed by atoms with Crippen molar-refractivity contribution in [2.75, 3.05) is 13.1 Å². The third kappa shape index (κ3) is 5.63. The van der Waals surface area contributed by atoms with Crippen molar-refractivity contribution in [2.24, 2.45) is 0 Å². The van der Waals surface area contributed by atoms with Gasteiger partial charge in [0, 0.05) is 18.8 Å². The van der Waals surface area contributed by atoms with Crippen LogP contribution in [-0.4, -0.2) is 18.0 Å². The van der Waals surface area contributed by atoms with Gasteiger partial charge in [-0.3, -0.25) is 0 Å². The lowest BCUT2D eigenvalue weighted by atomic mass is 10.2. The van der Waals surface area contributed by atoms with E-state index < -0.39 is 0 Å². The van der Waals surface area contributed by atoms with Crippen molar-refractivity contribution < 1.29 is 0 Å². The van der Waals surface area contributed by atoms with Gasteiger partial charge in [-0.05, 0) is 20.3 Å². The van der Waals surface area contributed by atoms with Gasteiger partial charge in [-0.15, -0.1) is 0 Å². The molecule has 0 rings (SSSR count). The van der Waals surface area contributed by atoms with Crippen LogP contribution in [0.1, 0.15) is 33.6 Å².